The summed E-state index contributed by atoms with van der Waals surface area (Å²) in [6.45, 7) is 7.60. The molecule has 0 radical (unpaired) electrons. The van der Waals surface area contributed by atoms with Crippen LogP contribution in [-0.4, -0.2) is 18.5 Å². The van der Waals surface area contributed by atoms with Crippen LogP contribution in [0.3, 0.4) is 0 Å². The van der Waals surface area contributed by atoms with Crippen LogP contribution in [0.1, 0.15) is 29.6 Å². The minimum absolute atomic E-state index is 0.804. The molecule has 0 aliphatic carbocycles. The molecule has 1 N–H and O–H groups in total. The zero-order valence-corrected chi connectivity index (χ0v) is 11.9. The first-order valence-corrected chi connectivity index (χ1v) is 6.68. The zero-order valence-electron chi connectivity index (χ0n) is 11.9. The number of aryl methyl sites for hydroxylation is 1. The normalized spacial score (nSPS) is 11.4. The zero-order chi connectivity index (χ0) is 13.7. The second-order valence-electron chi connectivity index (χ2n) is 4.82. The van der Waals surface area contributed by atoms with E-state index in [1.54, 1.807) is 12.5 Å². The van der Waals surface area contributed by atoms with Gasteiger partial charge < -0.3 is 14.2 Å². The summed E-state index contributed by atoms with van der Waals surface area (Å²) in [7, 11) is 2.09. The lowest BCUT2D eigenvalue weighted by Crippen LogP contribution is -2.19. The Hall–Kier alpha value is -1.52. The second-order valence-corrected chi connectivity index (χ2v) is 4.82. The SMILES string of the molecule is CCNCc1ccoc1CN(C)Cc1ccoc1C. The van der Waals surface area contributed by atoms with Gasteiger partial charge in [0.2, 0.25) is 0 Å². The molecule has 0 spiro atoms. The van der Waals surface area contributed by atoms with E-state index in [-0.39, 0.29) is 0 Å². The van der Waals surface area contributed by atoms with Gasteiger partial charge in [-0.1, -0.05) is 6.92 Å². The first-order valence-electron chi connectivity index (χ1n) is 6.68. The van der Waals surface area contributed by atoms with Crippen LogP contribution in [0.4, 0.5) is 0 Å². The van der Waals surface area contributed by atoms with Crippen molar-refractivity contribution in [2.75, 3.05) is 13.6 Å². The molecular formula is C15H22N2O2. The van der Waals surface area contributed by atoms with Gasteiger partial charge in [0, 0.05) is 24.2 Å². The predicted molar refractivity (Wildman–Crippen MR) is 74.7 cm³/mol. The van der Waals surface area contributed by atoms with E-state index in [0.717, 1.165) is 37.7 Å². The predicted octanol–water partition coefficient (Wildman–Crippen LogP) is 2.92. The van der Waals surface area contributed by atoms with Crippen molar-refractivity contribution in [3.63, 3.8) is 0 Å². The van der Waals surface area contributed by atoms with Gasteiger partial charge in [0.15, 0.2) is 0 Å². The second kappa shape index (κ2) is 6.59. The molecule has 0 aromatic carbocycles. The maximum Gasteiger partial charge on any atom is 0.122 e. The third-order valence-corrected chi connectivity index (χ3v) is 3.22. The van der Waals surface area contributed by atoms with Gasteiger partial charge in [-0.25, -0.2) is 0 Å². The molecule has 0 aliphatic heterocycles. The van der Waals surface area contributed by atoms with Crippen LogP contribution in [0.2, 0.25) is 0 Å². The van der Waals surface area contributed by atoms with Crippen LogP contribution >= 0.6 is 0 Å². The number of nitrogens with zero attached hydrogens (tertiary/aromatic N) is 1. The van der Waals surface area contributed by atoms with Crippen molar-refractivity contribution in [1.29, 1.82) is 0 Å². The van der Waals surface area contributed by atoms with E-state index in [2.05, 4.69) is 24.2 Å². The Balaban J connectivity index is 1.93. The molecule has 2 rings (SSSR count). The van der Waals surface area contributed by atoms with Crippen LogP contribution in [0.25, 0.3) is 0 Å². The third kappa shape index (κ3) is 3.72. The van der Waals surface area contributed by atoms with E-state index < -0.39 is 0 Å². The molecule has 0 saturated carbocycles. The number of nitrogens with one attached hydrogen (secondary N) is 1. The van der Waals surface area contributed by atoms with Gasteiger partial charge >= 0.3 is 0 Å². The lowest BCUT2D eigenvalue weighted by molar-refractivity contribution is 0.284. The lowest BCUT2D eigenvalue weighted by Gasteiger charge is -2.15. The monoisotopic (exact) mass is 262 g/mol. The van der Waals surface area contributed by atoms with Crippen molar-refractivity contribution in [2.45, 2.75) is 33.5 Å². The molecule has 2 aromatic rings. The Bertz CT molecular complexity index is 502. The standard InChI is InChI=1S/C15H22N2O2/c1-4-16-9-13-5-8-19-15(13)11-17(3)10-14-6-7-18-12(14)2/h5-8,16H,4,9-11H2,1-3H3. The number of hydrogen-bond donors (Lipinski definition) is 1. The fourth-order valence-corrected chi connectivity index (χ4v) is 2.09. The highest BCUT2D eigenvalue weighted by Gasteiger charge is 2.11. The van der Waals surface area contributed by atoms with Crippen molar-refractivity contribution < 1.29 is 8.83 Å². The summed E-state index contributed by atoms with van der Waals surface area (Å²) >= 11 is 0. The maximum atomic E-state index is 5.58. The third-order valence-electron chi connectivity index (χ3n) is 3.22. The fraction of sp³-hybridized carbons (Fsp3) is 0.467. The van der Waals surface area contributed by atoms with Crippen LogP contribution < -0.4 is 5.32 Å². The molecule has 0 bridgehead atoms. The van der Waals surface area contributed by atoms with E-state index in [1.165, 1.54) is 11.1 Å². The molecule has 2 heterocycles. The topological polar surface area (TPSA) is 41.6 Å². The maximum absolute atomic E-state index is 5.58. The highest BCUT2D eigenvalue weighted by molar-refractivity contribution is 5.18. The van der Waals surface area contributed by atoms with Crippen molar-refractivity contribution in [2.24, 2.45) is 0 Å². The van der Waals surface area contributed by atoms with Crippen LogP contribution in [0.15, 0.2) is 33.5 Å². The van der Waals surface area contributed by atoms with E-state index in [0.29, 0.717) is 0 Å². The molecule has 104 valence electrons. The molecule has 4 heteroatoms. The molecule has 19 heavy (non-hydrogen) atoms. The quantitative estimate of drug-likeness (QED) is 0.833. The molecule has 0 saturated heterocycles. The van der Waals surface area contributed by atoms with E-state index in [9.17, 15) is 0 Å². The van der Waals surface area contributed by atoms with Gasteiger partial charge in [0.25, 0.3) is 0 Å². The van der Waals surface area contributed by atoms with E-state index in [1.807, 2.05) is 19.1 Å². The number of furan rings is 2. The lowest BCUT2D eigenvalue weighted by atomic mass is 10.2. The minimum atomic E-state index is 0.804. The average Bonchev–Trinajstić information content (AvgIpc) is 2.97. The summed E-state index contributed by atoms with van der Waals surface area (Å²) in [5.41, 5.74) is 2.46. The average molecular weight is 262 g/mol. The Morgan fingerprint density at radius 2 is 1.84 bits per heavy atom. The fourth-order valence-electron chi connectivity index (χ4n) is 2.09. The molecule has 0 amide bonds. The van der Waals surface area contributed by atoms with Crippen molar-refractivity contribution in [3.8, 4) is 0 Å². The summed E-state index contributed by atoms with van der Waals surface area (Å²) in [5, 5.41) is 3.33. The molecule has 2 aromatic heterocycles. The summed E-state index contributed by atoms with van der Waals surface area (Å²) in [6.07, 6.45) is 3.50. The molecule has 0 fully saturated rings. The molecule has 0 aliphatic rings. The largest absolute Gasteiger partial charge is 0.469 e. The van der Waals surface area contributed by atoms with Gasteiger partial charge in [-0.3, -0.25) is 4.90 Å². The first kappa shape index (κ1) is 13.9. The van der Waals surface area contributed by atoms with E-state index >= 15 is 0 Å². The number of rotatable bonds is 7. The minimum Gasteiger partial charge on any atom is -0.469 e. The molecule has 0 unspecified atom stereocenters. The van der Waals surface area contributed by atoms with E-state index in [4.69, 9.17) is 8.83 Å². The molecule has 4 nitrogen and oxygen atoms in total. The van der Waals surface area contributed by atoms with Gasteiger partial charge in [-0.15, -0.1) is 0 Å². The van der Waals surface area contributed by atoms with Crippen LogP contribution in [0, 0.1) is 6.92 Å². The van der Waals surface area contributed by atoms with Crippen molar-refractivity contribution in [3.05, 3.63) is 47.3 Å². The first-order chi connectivity index (χ1) is 9.20. The molecular weight excluding hydrogens is 240 g/mol. The van der Waals surface area contributed by atoms with Gasteiger partial charge in [0.1, 0.15) is 11.5 Å². The summed E-state index contributed by atoms with van der Waals surface area (Å²) in [6, 6.07) is 4.06. The van der Waals surface area contributed by atoms with Gasteiger partial charge in [-0.05, 0) is 32.6 Å². The summed E-state index contributed by atoms with van der Waals surface area (Å²) < 4.78 is 10.9. The Morgan fingerprint density at radius 3 is 2.53 bits per heavy atom. The Labute approximate surface area is 114 Å². The van der Waals surface area contributed by atoms with Gasteiger partial charge in [0.05, 0.1) is 19.1 Å². The van der Waals surface area contributed by atoms with Crippen LogP contribution in [-0.2, 0) is 19.6 Å². The van der Waals surface area contributed by atoms with Crippen LogP contribution in [0.5, 0.6) is 0 Å². The summed E-state index contributed by atoms with van der Waals surface area (Å²) in [5.74, 6) is 2.02. The van der Waals surface area contributed by atoms with Crippen molar-refractivity contribution >= 4 is 0 Å². The van der Waals surface area contributed by atoms with Gasteiger partial charge in [-0.2, -0.15) is 0 Å². The number of hydrogen-bond acceptors (Lipinski definition) is 4. The highest BCUT2D eigenvalue weighted by Crippen LogP contribution is 2.16. The Morgan fingerprint density at radius 1 is 1.11 bits per heavy atom. The summed E-state index contributed by atoms with van der Waals surface area (Å²) in [4.78, 5) is 2.23. The molecule has 0 atom stereocenters. The Kier molecular flexibility index (Phi) is 4.82. The highest BCUT2D eigenvalue weighted by atomic mass is 16.3. The van der Waals surface area contributed by atoms with Crippen molar-refractivity contribution in [1.82, 2.24) is 10.2 Å². The smallest absolute Gasteiger partial charge is 0.122 e.